The van der Waals surface area contributed by atoms with Crippen molar-refractivity contribution in [3.8, 4) is 5.75 Å². The van der Waals surface area contributed by atoms with Gasteiger partial charge in [0, 0.05) is 25.0 Å². The number of nitrogens with zero attached hydrogens (tertiary/aromatic N) is 1. The Bertz CT molecular complexity index is 909. The highest BCUT2D eigenvalue weighted by Gasteiger charge is 2.54. The van der Waals surface area contributed by atoms with Crippen LogP contribution >= 0.6 is 0 Å². The number of hydrogen-bond acceptors (Lipinski definition) is 5. The second-order valence-electron chi connectivity index (χ2n) is 9.43. The second-order valence-corrected chi connectivity index (χ2v) is 11.4. The van der Waals surface area contributed by atoms with Crippen LogP contribution in [0.5, 0.6) is 5.75 Å². The largest absolute Gasteiger partial charge is 0.489 e. The minimum Gasteiger partial charge on any atom is -0.489 e. The van der Waals surface area contributed by atoms with E-state index < -0.39 is 9.84 Å². The predicted octanol–water partition coefficient (Wildman–Crippen LogP) is 3.95. The molecule has 0 unspecified atom stereocenters. The minimum atomic E-state index is -3.41. The summed E-state index contributed by atoms with van der Waals surface area (Å²) in [5.41, 5.74) is 6.16. The van der Waals surface area contributed by atoms with E-state index in [1.807, 2.05) is 31.7 Å². The second kappa shape index (κ2) is 9.96. The molecule has 178 valence electrons. The number of ether oxygens (including phenoxy) is 1. The first-order chi connectivity index (χ1) is 15.2. The first kappa shape index (κ1) is 24.8. The van der Waals surface area contributed by atoms with Gasteiger partial charge in [-0.1, -0.05) is 6.08 Å². The van der Waals surface area contributed by atoms with E-state index in [4.69, 9.17) is 10.5 Å². The van der Waals surface area contributed by atoms with Gasteiger partial charge >= 0.3 is 0 Å². The van der Waals surface area contributed by atoms with Crippen LogP contribution in [0.4, 0.5) is 0 Å². The molecule has 2 N–H and O–H groups in total. The highest BCUT2D eigenvalue weighted by Crippen LogP contribution is 2.58. The summed E-state index contributed by atoms with van der Waals surface area (Å²) >= 11 is 0. The lowest BCUT2D eigenvalue weighted by molar-refractivity contribution is -0.150. The van der Waals surface area contributed by atoms with E-state index in [-0.39, 0.29) is 22.5 Å². The van der Waals surface area contributed by atoms with Crippen LogP contribution in [-0.4, -0.2) is 51.2 Å². The van der Waals surface area contributed by atoms with Crippen LogP contribution in [0.2, 0.25) is 0 Å². The zero-order chi connectivity index (χ0) is 23.4. The van der Waals surface area contributed by atoms with Gasteiger partial charge in [0.05, 0.1) is 10.6 Å². The molecule has 3 aliphatic rings. The van der Waals surface area contributed by atoms with Crippen LogP contribution in [0.3, 0.4) is 0 Å². The van der Waals surface area contributed by atoms with E-state index in [0.717, 1.165) is 57.2 Å². The van der Waals surface area contributed by atoms with Crippen LogP contribution in [0.1, 0.15) is 59.3 Å². The summed E-state index contributed by atoms with van der Waals surface area (Å²) in [7, 11) is -3.41. The number of allylic oxidation sites excluding steroid dienone is 1. The third-order valence-electron chi connectivity index (χ3n) is 7.68. The molecule has 7 heteroatoms. The number of benzene rings is 1. The van der Waals surface area contributed by atoms with E-state index in [1.165, 1.54) is 0 Å². The Labute approximate surface area is 193 Å². The lowest BCUT2D eigenvalue weighted by Crippen LogP contribution is -2.52. The molecule has 32 heavy (non-hydrogen) atoms. The molecule has 1 aromatic carbocycles. The first-order valence-corrected chi connectivity index (χ1v) is 13.5. The SMILES string of the molecule is C/C=C(\CN)COc1ccc(S(=O)(=O)CC23CCC(C(=O)N(CC)CC)(CC2)CC3)cc1. The number of fused-ring (bicyclic) bond motifs is 3. The van der Waals surface area contributed by atoms with Crippen molar-refractivity contribution in [2.75, 3.05) is 32.0 Å². The molecule has 0 saturated heterocycles. The fourth-order valence-corrected chi connectivity index (χ4v) is 7.27. The number of carbonyl (C=O) groups excluding carboxylic acids is 1. The summed E-state index contributed by atoms with van der Waals surface area (Å²) in [6.45, 7) is 8.27. The van der Waals surface area contributed by atoms with E-state index in [2.05, 4.69) is 0 Å². The van der Waals surface area contributed by atoms with Crippen molar-refractivity contribution in [1.82, 2.24) is 4.90 Å². The van der Waals surface area contributed by atoms with Gasteiger partial charge in [-0.3, -0.25) is 4.79 Å². The Morgan fingerprint density at radius 3 is 2.09 bits per heavy atom. The molecule has 1 amide bonds. The summed E-state index contributed by atoms with van der Waals surface area (Å²) in [4.78, 5) is 15.4. The number of carbonyl (C=O) groups is 1. The zero-order valence-corrected chi connectivity index (χ0v) is 20.5. The smallest absolute Gasteiger partial charge is 0.228 e. The molecule has 2 bridgehead atoms. The van der Waals surface area contributed by atoms with Gasteiger partial charge < -0.3 is 15.4 Å². The fraction of sp³-hybridized carbons (Fsp3) is 0.640. The number of amides is 1. The molecule has 3 fully saturated rings. The lowest BCUT2D eigenvalue weighted by atomic mass is 9.54. The third kappa shape index (κ3) is 5.04. The summed E-state index contributed by atoms with van der Waals surface area (Å²) in [5, 5.41) is 0. The van der Waals surface area contributed by atoms with Crippen LogP contribution in [0.25, 0.3) is 0 Å². The molecule has 0 heterocycles. The standard InChI is InChI=1S/C25H38N2O4S/c1-4-20(17-26)18-31-21-7-9-22(10-8-21)32(29,30)19-24-11-14-25(15-12-24,16-13-24)23(28)27(5-2)6-3/h4,7-10H,5-6,11-19,26H2,1-3H3/b20-4+. The normalized spacial score (nSPS) is 25.6. The van der Waals surface area contributed by atoms with E-state index in [1.54, 1.807) is 24.3 Å². The first-order valence-electron chi connectivity index (χ1n) is 11.8. The summed E-state index contributed by atoms with van der Waals surface area (Å²) < 4.78 is 32.2. The van der Waals surface area contributed by atoms with Gasteiger partial charge in [0.1, 0.15) is 12.4 Å². The number of nitrogens with two attached hydrogens (primary N) is 1. The van der Waals surface area contributed by atoms with Gasteiger partial charge in [-0.25, -0.2) is 8.42 Å². The van der Waals surface area contributed by atoms with Crippen LogP contribution in [0, 0.1) is 10.8 Å². The van der Waals surface area contributed by atoms with Crippen molar-refractivity contribution in [1.29, 1.82) is 0 Å². The Hall–Kier alpha value is -1.86. The maximum Gasteiger partial charge on any atom is 0.228 e. The molecule has 0 atom stereocenters. The molecule has 4 rings (SSSR count). The molecule has 3 saturated carbocycles. The molecular weight excluding hydrogens is 424 g/mol. The minimum absolute atomic E-state index is 0.158. The van der Waals surface area contributed by atoms with Gasteiger partial charge in [0.15, 0.2) is 9.84 Å². The lowest BCUT2D eigenvalue weighted by Gasteiger charge is -2.53. The molecule has 1 aromatic rings. The van der Waals surface area contributed by atoms with Crippen molar-refractivity contribution < 1.29 is 17.9 Å². The van der Waals surface area contributed by atoms with Gasteiger partial charge in [-0.15, -0.1) is 0 Å². The van der Waals surface area contributed by atoms with Crippen LogP contribution in [0.15, 0.2) is 40.8 Å². The Kier molecular flexibility index (Phi) is 7.71. The highest BCUT2D eigenvalue weighted by molar-refractivity contribution is 7.91. The van der Waals surface area contributed by atoms with Crippen molar-refractivity contribution in [3.63, 3.8) is 0 Å². The Morgan fingerprint density at radius 1 is 1.06 bits per heavy atom. The van der Waals surface area contributed by atoms with Crippen LogP contribution in [-0.2, 0) is 14.6 Å². The number of hydrogen-bond donors (Lipinski definition) is 1. The summed E-state index contributed by atoms with van der Waals surface area (Å²) in [6, 6.07) is 6.70. The Morgan fingerprint density at radius 2 is 1.62 bits per heavy atom. The van der Waals surface area contributed by atoms with Gasteiger partial charge in [-0.05, 0) is 94.5 Å². The average Bonchev–Trinajstić information content (AvgIpc) is 2.81. The maximum absolute atomic E-state index is 13.2. The number of sulfone groups is 1. The van der Waals surface area contributed by atoms with E-state index in [0.29, 0.717) is 23.8 Å². The average molecular weight is 463 g/mol. The number of rotatable bonds is 10. The van der Waals surface area contributed by atoms with Crippen molar-refractivity contribution >= 4 is 15.7 Å². The molecule has 6 nitrogen and oxygen atoms in total. The van der Waals surface area contributed by atoms with Crippen LogP contribution < -0.4 is 10.5 Å². The van der Waals surface area contributed by atoms with Crippen molar-refractivity contribution in [2.45, 2.75) is 64.2 Å². The topological polar surface area (TPSA) is 89.7 Å². The van der Waals surface area contributed by atoms with Crippen molar-refractivity contribution in [3.05, 3.63) is 35.9 Å². The van der Waals surface area contributed by atoms with E-state index >= 15 is 0 Å². The fourth-order valence-electron chi connectivity index (χ4n) is 5.31. The molecular formula is C25H38N2O4S. The summed E-state index contributed by atoms with van der Waals surface area (Å²) in [6.07, 6.45) is 6.77. The third-order valence-corrected chi connectivity index (χ3v) is 9.66. The Balaban J connectivity index is 1.65. The monoisotopic (exact) mass is 462 g/mol. The predicted molar refractivity (Wildman–Crippen MR) is 127 cm³/mol. The molecule has 0 aliphatic heterocycles. The molecule has 0 aromatic heterocycles. The highest BCUT2D eigenvalue weighted by atomic mass is 32.2. The molecule has 0 radical (unpaired) electrons. The maximum atomic E-state index is 13.2. The van der Waals surface area contributed by atoms with Crippen molar-refractivity contribution in [2.24, 2.45) is 16.6 Å². The molecule has 3 aliphatic carbocycles. The molecule has 0 spiro atoms. The van der Waals surface area contributed by atoms with E-state index in [9.17, 15) is 13.2 Å². The van der Waals surface area contributed by atoms with Gasteiger partial charge in [-0.2, -0.15) is 0 Å². The van der Waals surface area contributed by atoms with Gasteiger partial charge in [0.2, 0.25) is 5.91 Å². The quantitative estimate of drug-likeness (QED) is 0.532. The van der Waals surface area contributed by atoms with Gasteiger partial charge in [0.25, 0.3) is 0 Å². The zero-order valence-electron chi connectivity index (χ0n) is 19.7. The summed E-state index contributed by atoms with van der Waals surface area (Å²) in [5.74, 6) is 1.06.